The van der Waals surface area contributed by atoms with E-state index in [1.807, 2.05) is 0 Å². The summed E-state index contributed by atoms with van der Waals surface area (Å²) < 4.78 is 23.0. The predicted octanol–water partition coefficient (Wildman–Crippen LogP) is 3.44. The maximum Gasteiger partial charge on any atom is 0.325 e. The summed E-state index contributed by atoms with van der Waals surface area (Å²) in [5.74, 6) is 0.148. The van der Waals surface area contributed by atoms with Crippen molar-refractivity contribution in [3.8, 4) is 5.75 Å². The first-order valence-electron chi connectivity index (χ1n) is 7.13. The summed E-state index contributed by atoms with van der Waals surface area (Å²) >= 11 is 6.97. The van der Waals surface area contributed by atoms with E-state index in [-0.39, 0.29) is 21.3 Å². The summed E-state index contributed by atoms with van der Waals surface area (Å²) in [5, 5.41) is 0.143. The van der Waals surface area contributed by atoms with Gasteiger partial charge in [-0.25, -0.2) is 14.1 Å². The molecule has 0 unspecified atom stereocenters. The molecule has 1 aromatic carbocycles. The highest BCUT2D eigenvalue weighted by molar-refractivity contribution is 7.06. The summed E-state index contributed by atoms with van der Waals surface area (Å²) in [5.41, 5.74) is 0.0772. The Labute approximate surface area is 140 Å². The van der Waals surface area contributed by atoms with Crippen LogP contribution in [0.4, 0.5) is 10.1 Å². The number of benzene rings is 1. The third-order valence-corrected chi connectivity index (χ3v) is 4.56. The van der Waals surface area contributed by atoms with Crippen molar-refractivity contribution in [2.75, 3.05) is 0 Å². The monoisotopic (exact) mass is 355 g/mol. The second kappa shape index (κ2) is 6.33. The highest BCUT2D eigenvalue weighted by Crippen LogP contribution is 2.32. The zero-order valence-electron chi connectivity index (χ0n) is 12.5. The van der Waals surface area contributed by atoms with Gasteiger partial charge in [0.2, 0.25) is 4.80 Å². The summed E-state index contributed by atoms with van der Waals surface area (Å²) in [7, 11) is 0. The van der Waals surface area contributed by atoms with Crippen molar-refractivity contribution in [2.45, 2.75) is 32.9 Å². The minimum absolute atomic E-state index is 0.0772. The van der Waals surface area contributed by atoms with Crippen molar-refractivity contribution >= 4 is 28.6 Å². The maximum atomic E-state index is 14.1. The molecule has 8 heteroatoms. The fourth-order valence-electron chi connectivity index (χ4n) is 2.39. The van der Waals surface area contributed by atoms with Crippen LogP contribution < -0.4 is 14.4 Å². The summed E-state index contributed by atoms with van der Waals surface area (Å²) in [6.45, 7) is 6.67. The Morgan fingerprint density at radius 2 is 2.09 bits per heavy atom. The molecule has 0 saturated carbocycles. The van der Waals surface area contributed by atoms with Crippen LogP contribution in [0.15, 0.2) is 34.3 Å². The summed E-state index contributed by atoms with van der Waals surface area (Å²) in [6, 6.07) is 2.56. The van der Waals surface area contributed by atoms with Gasteiger partial charge in [0.1, 0.15) is 11.4 Å². The van der Waals surface area contributed by atoms with Gasteiger partial charge in [0.15, 0.2) is 5.82 Å². The van der Waals surface area contributed by atoms with Gasteiger partial charge in [-0.1, -0.05) is 18.2 Å². The van der Waals surface area contributed by atoms with Crippen molar-refractivity contribution in [1.29, 1.82) is 0 Å². The van der Waals surface area contributed by atoms with E-state index >= 15 is 0 Å². The van der Waals surface area contributed by atoms with Crippen LogP contribution in [0.5, 0.6) is 5.75 Å². The average Bonchev–Trinajstić information content (AvgIpc) is 2.81. The summed E-state index contributed by atoms with van der Waals surface area (Å²) in [6.07, 6.45) is 1.93. The Kier molecular flexibility index (Phi) is 4.41. The van der Waals surface area contributed by atoms with Crippen molar-refractivity contribution in [3.05, 3.63) is 49.8 Å². The fraction of sp³-hybridized carbons (Fsp3) is 0.333. The number of allylic oxidation sites excluding steroid dienone is 1. The van der Waals surface area contributed by atoms with Crippen molar-refractivity contribution in [1.82, 2.24) is 9.36 Å². The van der Waals surface area contributed by atoms with Gasteiger partial charge < -0.3 is 4.74 Å². The van der Waals surface area contributed by atoms with Gasteiger partial charge in [-0.15, -0.1) is 0 Å². The molecule has 0 bridgehead atoms. The van der Waals surface area contributed by atoms with Gasteiger partial charge >= 0.3 is 4.87 Å². The van der Waals surface area contributed by atoms with E-state index in [0.717, 1.165) is 30.2 Å². The molecule has 1 aliphatic rings. The molecular weight excluding hydrogens is 341 g/mol. The van der Waals surface area contributed by atoms with Crippen LogP contribution in [0.2, 0.25) is 5.02 Å². The highest BCUT2D eigenvalue weighted by Gasteiger charge is 2.14. The molecule has 0 N–H and O–H groups in total. The van der Waals surface area contributed by atoms with E-state index < -0.39 is 5.82 Å². The first-order valence-corrected chi connectivity index (χ1v) is 8.33. The predicted molar refractivity (Wildman–Crippen MR) is 87.9 cm³/mol. The maximum absolute atomic E-state index is 14.1. The molecule has 2 heterocycles. The number of hydrogen-bond donors (Lipinski definition) is 0. The average molecular weight is 356 g/mol. The van der Waals surface area contributed by atoms with Gasteiger partial charge in [0, 0.05) is 19.2 Å². The van der Waals surface area contributed by atoms with Gasteiger partial charge in [-0.3, -0.25) is 9.48 Å². The molecule has 3 rings (SSSR count). The first kappa shape index (κ1) is 16.0. The van der Waals surface area contributed by atoms with Crippen molar-refractivity contribution in [2.24, 2.45) is 4.99 Å². The minimum atomic E-state index is -0.569. The van der Waals surface area contributed by atoms with Gasteiger partial charge in [0.25, 0.3) is 0 Å². The van der Waals surface area contributed by atoms with E-state index in [0.29, 0.717) is 23.7 Å². The fourth-order valence-corrected chi connectivity index (χ4v) is 3.47. The molecule has 2 aromatic rings. The van der Waals surface area contributed by atoms with E-state index in [1.165, 1.54) is 6.07 Å². The quantitative estimate of drug-likeness (QED) is 0.792. The Bertz CT molecular complexity index is 897. The zero-order chi connectivity index (χ0) is 16.6. The van der Waals surface area contributed by atoms with Crippen LogP contribution in [0, 0.1) is 5.82 Å². The molecule has 0 radical (unpaired) electrons. The lowest BCUT2D eigenvalue weighted by molar-refractivity contribution is 0.345. The molecule has 23 heavy (non-hydrogen) atoms. The Morgan fingerprint density at radius 3 is 2.78 bits per heavy atom. The lowest BCUT2D eigenvalue weighted by atomic mass is 10.3. The molecule has 0 saturated heterocycles. The molecule has 5 nitrogen and oxygen atoms in total. The standard InChI is InChI=1S/C15H15ClFN3O2S/c1-9(2)22-13-8-12(11(17)7-10(13)16)18-14-19-5-3-4-6-20(19)15(21)23-14/h7-8H,1,3-6H2,2H3. The van der Waals surface area contributed by atoms with Crippen LogP contribution in [0.1, 0.15) is 19.8 Å². The van der Waals surface area contributed by atoms with Crippen LogP contribution in [0.3, 0.4) is 0 Å². The van der Waals surface area contributed by atoms with Crippen LogP contribution in [-0.4, -0.2) is 9.36 Å². The number of halogens is 2. The third-order valence-electron chi connectivity index (χ3n) is 3.39. The molecule has 0 amide bonds. The van der Waals surface area contributed by atoms with E-state index in [4.69, 9.17) is 16.3 Å². The summed E-state index contributed by atoms with van der Waals surface area (Å²) in [4.78, 5) is 16.7. The van der Waals surface area contributed by atoms with Crippen LogP contribution >= 0.6 is 22.9 Å². The van der Waals surface area contributed by atoms with Crippen LogP contribution in [0.25, 0.3) is 0 Å². The Morgan fingerprint density at radius 1 is 1.39 bits per heavy atom. The largest absolute Gasteiger partial charge is 0.461 e. The SMILES string of the molecule is C=C(C)Oc1cc(N=c2sc(=O)n3n2CCCC3)c(F)cc1Cl. The van der Waals surface area contributed by atoms with Crippen molar-refractivity contribution < 1.29 is 9.13 Å². The zero-order valence-corrected chi connectivity index (χ0v) is 14.1. The Hall–Kier alpha value is -1.86. The molecule has 0 aliphatic carbocycles. The highest BCUT2D eigenvalue weighted by atomic mass is 35.5. The molecule has 1 aliphatic heterocycles. The van der Waals surface area contributed by atoms with E-state index in [9.17, 15) is 9.18 Å². The normalized spacial score (nSPS) is 14.7. The Balaban J connectivity index is 2.13. The number of nitrogens with zero attached hydrogens (tertiary/aromatic N) is 3. The van der Waals surface area contributed by atoms with E-state index in [1.54, 1.807) is 16.3 Å². The molecule has 0 spiro atoms. The number of aromatic nitrogens is 2. The van der Waals surface area contributed by atoms with Gasteiger partial charge in [-0.2, -0.15) is 0 Å². The number of hydrogen-bond acceptors (Lipinski definition) is 4. The van der Waals surface area contributed by atoms with E-state index in [2.05, 4.69) is 11.6 Å². The second-order valence-corrected chi connectivity index (χ2v) is 6.58. The van der Waals surface area contributed by atoms with Gasteiger partial charge in [-0.05, 0) is 37.2 Å². The smallest absolute Gasteiger partial charge is 0.325 e. The molecule has 0 atom stereocenters. The van der Waals surface area contributed by atoms with Gasteiger partial charge in [0.05, 0.1) is 10.8 Å². The number of fused-ring (bicyclic) bond motifs is 1. The third kappa shape index (κ3) is 3.25. The number of rotatable bonds is 3. The number of ether oxygens (including phenoxy) is 1. The second-order valence-electron chi connectivity index (χ2n) is 5.25. The first-order chi connectivity index (χ1) is 11.0. The molecule has 1 aromatic heterocycles. The van der Waals surface area contributed by atoms with Crippen LogP contribution in [-0.2, 0) is 13.1 Å². The van der Waals surface area contributed by atoms with Crippen molar-refractivity contribution in [3.63, 3.8) is 0 Å². The minimum Gasteiger partial charge on any atom is -0.461 e. The lowest BCUT2D eigenvalue weighted by Gasteiger charge is -2.15. The lowest BCUT2D eigenvalue weighted by Crippen LogP contribution is -2.31. The molecular formula is C15H15ClFN3O2S. The molecule has 122 valence electrons. The topological polar surface area (TPSA) is 48.5 Å². The molecule has 0 fully saturated rings.